The SMILES string of the molecule is CC(C)(C)S/N=C\c1ccccc1F. The Hall–Kier alpha value is -0.830. The lowest BCUT2D eigenvalue weighted by Gasteiger charge is -2.12. The smallest absolute Gasteiger partial charge is 0.131 e. The molecule has 1 nitrogen and oxygen atoms in total. The van der Waals surface area contributed by atoms with Gasteiger partial charge in [0, 0.05) is 16.5 Å². The van der Waals surface area contributed by atoms with E-state index in [-0.39, 0.29) is 10.6 Å². The van der Waals surface area contributed by atoms with Gasteiger partial charge in [-0.05, 0) is 38.8 Å². The third-order valence-electron chi connectivity index (χ3n) is 1.42. The maximum absolute atomic E-state index is 13.1. The lowest BCUT2D eigenvalue weighted by molar-refractivity contribution is 0.626. The fraction of sp³-hybridized carbons (Fsp3) is 0.364. The zero-order valence-electron chi connectivity index (χ0n) is 8.62. The van der Waals surface area contributed by atoms with Crippen molar-refractivity contribution in [2.24, 2.45) is 4.40 Å². The third kappa shape index (κ3) is 3.92. The van der Waals surface area contributed by atoms with E-state index < -0.39 is 0 Å². The van der Waals surface area contributed by atoms with Gasteiger partial charge in [0.2, 0.25) is 0 Å². The summed E-state index contributed by atoms with van der Waals surface area (Å²) in [6.45, 7) is 6.20. The van der Waals surface area contributed by atoms with Gasteiger partial charge in [0.25, 0.3) is 0 Å². The first-order valence-corrected chi connectivity index (χ1v) is 5.22. The minimum absolute atomic E-state index is 0.0712. The Morgan fingerprint density at radius 3 is 2.50 bits per heavy atom. The van der Waals surface area contributed by atoms with Gasteiger partial charge in [0.1, 0.15) is 5.82 Å². The van der Waals surface area contributed by atoms with Crippen LogP contribution in [0.5, 0.6) is 0 Å². The fourth-order valence-electron chi connectivity index (χ4n) is 0.821. The zero-order chi connectivity index (χ0) is 10.6. The minimum atomic E-state index is -0.231. The van der Waals surface area contributed by atoms with Crippen molar-refractivity contribution in [3.05, 3.63) is 35.6 Å². The van der Waals surface area contributed by atoms with Gasteiger partial charge in [-0.2, -0.15) is 0 Å². The van der Waals surface area contributed by atoms with Crippen molar-refractivity contribution < 1.29 is 4.39 Å². The van der Waals surface area contributed by atoms with E-state index in [0.717, 1.165) is 0 Å². The van der Waals surface area contributed by atoms with Crippen LogP contribution in [0.1, 0.15) is 26.3 Å². The maximum Gasteiger partial charge on any atom is 0.131 e. The molecule has 76 valence electrons. The first-order valence-electron chi connectivity index (χ1n) is 4.45. The monoisotopic (exact) mass is 211 g/mol. The molecule has 0 bridgehead atoms. The van der Waals surface area contributed by atoms with Crippen molar-refractivity contribution in [3.63, 3.8) is 0 Å². The molecule has 0 atom stereocenters. The van der Waals surface area contributed by atoms with E-state index >= 15 is 0 Å². The number of nitrogens with zero attached hydrogens (tertiary/aromatic N) is 1. The summed E-state index contributed by atoms with van der Waals surface area (Å²) in [6, 6.07) is 6.61. The number of hydrogen-bond acceptors (Lipinski definition) is 2. The Bertz CT molecular complexity index is 328. The van der Waals surface area contributed by atoms with Crippen LogP contribution in [0, 0.1) is 5.82 Å². The Kier molecular flexibility index (Phi) is 3.69. The van der Waals surface area contributed by atoms with Crippen LogP contribution in [-0.2, 0) is 0 Å². The highest BCUT2D eigenvalue weighted by atomic mass is 32.2. The summed E-state index contributed by atoms with van der Waals surface area (Å²) in [5.41, 5.74) is 0.532. The second-order valence-electron chi connectivity index (χ2n) is 3.96. The van der Waals surface area contributed by atoms with Crippen LogP contribution in [0.15, 0.2) is 28.7 Å². The molecule has 0 aliphatic carbocycles. The quantitative estimate of drug-likeness (QED) is 0.537. The molecule has 0 fully saturated rings. The topological polar surface area (TPSA) is 12.4 Å². The molecule has 14 heavy (non-hydrogen) atoms. The van der Waals surface area contributed by atoms with E-state index in [1.165, 1.54) is 18.0 Å². The lowest BCUT2D eigenvalue weighted by Crippen LogP contribution is -2.05. The normalized spacial score (nSPS) is 12.3. The highest BCUT2D eigenvalue weighted by molar-refractivity contribution is 7.99. The minimum Gasteiger partial charge on any atom is -0.223 e. The van der Waals surface area contributed by atoms with Gasteiger partial charge in [-0.15, -0.1) is 0 Å². The Labute approximate surface area is 88.6 Å². The summed E-state index contributed by atoms with van der Waals surface area (Å²) in [5.74, 6) is -0.231. The van der Waals surface area contributed by atoms with E-state index in [2.05, 4.69) is 25.2 Å². The average Bonchev–Trinajstić information content (AvgIpc) is 2.06. The molecule has 1 aromatic carbocycles. The summed E-state index contributed by atoms with van der Waals surface area (Å²) in [7, 11) is 0. The van der Waals surface area contributed by atoms with Gasteiger partial charge >= 0.3 is 0 Å². The molecular weight excluding hydrogens is 197 g/mol. The van der Waals surface area contributed by atoms with Crippen LogP contribution in [0.25, 0.3) is 0 Å². The van der Waals surface area contributed by atoms with Crippen LogP contribution in [0.2, 0.25) is 0 Å². The number of benzene rings is 1. The first kappa shape index (κ1) is 11.2. The Morgan fingerprint density at radius 1 is 1.29 bits per heavy atom. The first-order chi connectivity index (χ1) is 6.49. The summed E-state index contributed by atoms with van der Waals surface area (Å²) >= 11 is 1.44. The Balaban J connectivity index is 2.65. The molecule has 0 saturated carbocycles. The molecule has 1 aromatic rings. The molecule has 0 saturated heterocycles. The van der Waals surface area contributed by atoms with E-state index in [9.17, 15) is 4.39 Å². The van der Waals surface area contributed by atoms with Crippen LogP contribution in [0.3, 0.4) is 0 Å². The summed E-state index contributed by atoms with van der Waals surface area (Å²) in [4.78, 5) is 0. The van der Waals surface area contributed by atoms with Crippen molar-refractivity contribution in [2.45, 2.75) is 25.5 Å². The predicted molar refractivity (Wildman–Crippen MR) is 61.3 cm³/mol. The largest absolute Gasteiger partial charge is 0.223 e. The zero-order valence-corrected chi connectivity index (χ0v) is 9.44. The second kappa shape index (κ2) is 4.60. The van der Waals surface area contributed by atoms with E-state index in [4.69, 9.17) is 0 Å². The average molecular weight is 211 g/mol. The summed E-state index contributed by atoms with van der Waals surface area (Å²) in [5, 5.41) is 0. The molecule has 0 N–H and O–H groups in total. The summed E-state index contributed by atoms with van der Waals surface area (Å²) in [6.07, 6.45) is 1.56. The van der Waals surface area contributed by atoms with Crippen LogP contribution < -0.4 is 0 Å². The maximum atomic E-state index is 13.1. The molecule has 0 spiro atoms. The van der Waals surface area contributed by atoms with Crippen molar-refractivity contribution in [1.29, 1.82) is 0 Å². The van der Waals surface area contributed by atoms with E-state index in [1.54, 1.807) is 24.4 Å². The van der Waals surface area contributed by atoms with Gasteiger partial charge in [-0.3, -0.25) is 0 Å². The van der Waals surface area contributed by atoms with Crippen molar-refractivity contribution in [1.82, 2.24) is 0 Å². The Morgan fingerprint density at radius 2 is 1.93 bits per heavy atom. The molecule has 0 unspecified atom stereocenters. The fourth-order valence-corrected chi connectivity index (χ4v) is 1.30. The molecule has 1 rings (SSSR count). The van der Waals surface area contributed by atoms with Gasteiger partial charge < -0.3 is 0 Å². The second-order valence-corrected chi connectivity index (χ2v) is 5.58. The lowest BCUT2D eigenvalue weighted by atomic mass is 10.2. The highest BCUT2D eigenvalue weighted by Gasteiger charge is 2.09. The van der Waals surface area contributed by atoms with Crippen molar-refractivity contribution in [3.8, 4) is 0 Å². The third-order valence-corrected chi connectivity index (χ3v) is 2.18. The van der Waals surface area contributed by atoms with Crippen molar-refractivity contribution in [2.75, 3.05) is 0 Å². The van der Waals surface area contributed by atoms with Crippen molar-refractivity contribution >= 4 is 18.2 Å². The van der Waals surface area contributed by atoms with Gasteiger partial charge in [0.15, 0.2) is 0 Å². The predicted octanol–water partition coefficient (Wildman–Crippen LogP) is 3.69. The van der Waals surface area contributed by atoms with Gasteiger partial charge in [0.05, 0.1) is 0 Å². The number of rotatable bonds is 2. The van der Waals surface area contributed by atoms with Crippen LogP contribution >= 0.6 is 11.9 Å². The van der Waals surface area contributed by atoms with Gasteiger partial charge in [-0.25, -0.2) is 8.79 Å². The molecule has 0 heterocycles. The molecule has 0 radical (unpaired) electrons. The molecule has 3 heteroatoms. The standard InChI is InChI=1S/C11H14FNS/c1-11(2,3)14-13-8-9-6-4-5-7-10(9)12/h4-8H,1-3H3/b13-8-. The molecule has 0 aromatic heterocycles. The van der Waals surface area contributed by atoms with E-state index in [0.29, 0.717) is 5.56 Å². The molecule has 0 amide bonds. The van der Waals surface area contributed by atoms with Crippen LogP contribution in [-0.4, -0.2) is 11.0 Å². The highest BCUT2D eigenvalue weighted by Crippen LogP contribution is 2.23. The van der Waals surface area contributed by atoms with Crippen LogP contribution in [0.4, 0.5) is 4.39 Å². The molecule has 0 aliphatic heterocycles. The number of halogens is 1. The molecule has 0 aliphatic rings. The summed E-state index contributed by atoms with van der Waals surface area (Å²) < 4.78 is 17.3. The molecular formula is C11H14FNS. The van der Waals surface area contributed by atoms with E-state index in [1.807, 2.05) is 0 Å². The number of hydrogen-bond donors (Lipinski definition) is 0. The van der Waals surface area contributed by atoms with Gasteiger partial charge in [-0.1, -0.05) is 18.2 Å².